The minimum absolute atomic E-state index is 0.0876. The number of halogens is 1. The highest BCUT2D eigenvalue weighted by molar-refractivity contribution is 7.91. The molecule has 0 radical (unpaired) electrons. The molecule has 1 saturated heterocycles. The number of aliphatic imine (C=N–C) groups is 1. The molecule has 0 aliphatic carbocycles. The Bertz CT molecular complexity index is 664. The Balaban J connectivity index is 1.79. The van der Waals surface area contributed by atoms with E-state index in [1.165, 1.54) is 0 Å². The van der Waals surface area contributed by atoms with Gasteiger partial charge >= 0.3 is 0 Å². The van der Waals surface area contributed by atoms with Crippen LogP contribution in [0.25, 0.3) is 0 Å². The van der Waals surface area contributed by atoms with Crippen LogP contribution in [0.4, 0.5) is 0 Å². The average molecular weight is 360 g/mol. The fourth-order valence-electron chi connectivity index (χ4n) is 2.35. The lowest BCUT2D eigenvalue weighted by atomic mass is 10.3. The van der Waals surface area contributed by atoms with Gasteiger partial charge in [-0.2, -0.15) is 0 Å². The van der Waals surface area contributed by atoms with Crippen LogP contribution in [0, 0.1) is 0 Å². The maximum atomic E-state index is 11.5. The maximum absolute atomic E-state index is 11.5. The van der Waals surface area contributed by atoms with E-state index in [4.69, 9.17) is 16.3 Å². The minimum Gasteiger partial charge on any atom is -0.489 e. The third-order valence-corrected chi connectivity index (χ3v) is 5.49. The lowest BCUT2D eigenvalue weighted by molar-refractivity contribution is 0.224. The molecule has 1 aliphatic heterocycles. The molecule has 1 aromatic carbocycles. The molecular formula is C15H22ClN3O3S. The van der Waals surface area contributed by atoms with Gasteiger partial charge in [-0.1, -0.05) is 17.7 Å². The zero-order valence-electron chi connectivity index (χ0n) is 13.3. The van der Waals surface area contributed by atoms with E-state index in [0.29, 0.717) is 29.7 Å². The summed E-state index contributed by atoms with van der Waals surface area (Å²) in [6.07, 6.45) is 0.511. The molecule has 8 heteroatoms. The summed E-state index contributed by atoms with van der Waals surface area (Å²) in [4.78, 5) is 4.12. The van der Waals surface area contributed by atoms with Gasteiger partial charge in [0.2, 0.25) is 0 Å². The molecule has 0 aromatic heterocycles. The van der Waals surface area contributed by atoms with Crippen LogP contribution in [0.15, 0.2) is 29.3 Å². The molecule has 2 atom stereocenters. The molecule has 1 heterocycles. The molecule has 0 spiro atoms. The molecular weight excluding hydrogens is 338 g/mol. The number of hydrogen-bond donors (Lipinski definition) is 2. The van der Waals surface area contributed by atoms with E-state index in [1.54, 1.807) is 19.2 Å². The Hall–Kier alpha value is -1.47. The standard InChI is InChI=1S/C15H22ClN3O3S/c1-11(22-14-5-3-4-12(16)8-14)9-18-15(17-2)19-13-6-7-23(20,21)10-13/h3-5,8,11,13H,6-7,9-10H2,1-2H3,(H2,17,18,19). The average Bonchev–Trinajstić information content (AvgIpc) is 2.82. The number of guanidine groups is 1. The van der Waals surface area contributed by atoms with Crippen molar-refractivity contribution in [3.8, 4) is 5.75 Å². The van der Waals surface area contributed by atoms with Gasteiger partial charge in [0.05, 0.1) is 18.1 Å². The summed E-state index contributed by atoms with van der Waals surface area (Å²) in [5.74, 6) is 1.67. The van der Waals surface area contributed by atoms with E-state index in [0.717, 1.165) is 0 Å². The number of nitrogens with zero attached hydrogens (tertiary/aromatic N) is 1. The van der Waals surface area contributed by atoms with E-state index < -0.39 is 9.84 Å². The number of rotatable bonds is 5. The summed E-state index contributed by atoms with van der Waals surface area (Å²) >= 11 is 5.92. The van der Waals surface area contributed by atoms with Crippen molar-refractivity contribution in [2.24, 2.45) is 4.99 Å². The quantitative estimate of drug-likeness (QED) is 0.614. The van der Waals surface area contributed by atoms with Crippen molar-refractivity contribution in [1.82, 2.24) is 10.6 Å². The summed E-state index contributed by atoms with van der Waals surface area (Å²) in [5, 5.41) is 6.90. The first-order chi connectivity index (χ1) is 10.9. The van der Waals surface area contributed by atoms with Gasteiger partial charge in [-0.05, 0) is 31.5 Å². The van der Waals surface area contributed by atoms with Crippen molar-refractivity contribution in [3.05, 3.63) is 29.3 Å². The summed E-state index contributed by atoms with van der Waals surface area (Å²) in [6, 6.07) is 7.14. The highest BCUT2D eigenvalue weighted by atomic mass is 35.5. The van der Waals surface area contributed by atoms with E-state index >= 15 is 0 Å². The number of nitrogens with one attached hydrogen (secondary N) is 2. The normalized spacial score (nSPS) is 21.7. The maximum Gasteiger partial charge on any atom is 0.191 e. The molecule has 2 unspecified atom stereocenters. The summed E-state index contributed by atoms with van der Waals surface area (Å²) in [6.45, 7) is 2.47. The Morgan fingerprint density at radius 3 is 2.91 bits per heavy atom. The van der Waals surface area contributed by atoms with Crippen LogP contribution in [0.1, 0.15) is 13.3 Å². The van der Waals surface area contributed by atoms with Crippen molar-refractivity contribution in [1.29, 1.82) is 0 Å². The van der Waals surface area contributed by atoms with Crippen LogP contribution in [0.5, 0.6) is 5.75 Å². The molecule has 1 aliphatic rings. The molecule has 0 amide bonds. The van der Waals surface area contributed by atoms with Crippen molar-refractivity contribution in [2.45, 2.75) is 25.5 Å². The highest BCUT2D eigenvalue weighted by Crippen LogP contribution is 2.18. The minimum atomic E-state index is -2.91. The summed E-state index contributed by atoms with van der Waals surface area (Å²) in [5.41, 5.74) is 0. The van der Waals surface area contributed by atoms with Crippen LogP contribution in [0.3, 0.4) is 0 Å². The van der Waals surface area contributed by atoms with Gasteiger partial charge in [0, 0.05) is 18.1 Å². The second-order valence-corrected chi connectivity index (χ2v) is 8.25. The number of sulfone groups is 1. The molecule has 23 heavy (non-hydrogen) atoms. The van der Waals surface area contributed by atoms with E-state index in [1.807, 2.05) is 19.1 Å². The number of hydrogen-bond acceptors (Lipinski definition) is 4. The topological polar surface area (TPSA) is 79.8 Å². The first-order valence-electron chi connectivity index (χ1n) is 7.48. The Kier molecular flexibility index (Phi) is 6.12. The highest BCUT2D eigenvalue weighted by Gasteiger charge is 2.28. The molecule has 0 saturated carbocycles. The monoisotopic (exact) mass is 359 g/mol. The smallest absolute Gasteiger partial charge is 0.191 e. The second kappa shape index (κ2) is 7.88. The summed E-state index contributed by atoms with van der Waals surface area (Å²) < 4.78 is 28.7. The Morgan fingerprint density at radius 1 is 1.52 bits per heavy atom. The van der Waals surface area contributed by atoms with Gasteiger partial charge < -0.3 is 15.4 Å². The van der Waals surface area contributed by atoms with Crippen LogP contribution in [0.2, 0.25) is 5.02 Å². The van der Waals surface area contributed by atoms with Crippen molar-refractivity contribution in [3.63, 3.8) is 0 Å². The molecule has 2 N–H and O–H groups in total. The Labute approximate surface area is 142 Å². The van der Waals surface area contributed by atoms with E-state index in [9.17, 15) is 8.42 Å². The molecule has 128 valence electrons. The van der Waals surface area contributed by atoms with Crippen molar-refractivity contribution in [2.75, 3.05) is 25.1 Å². The van der Waals surface area contributed by atoms with Gasteiger partial charge in [0.1, 0.15) is 11.9 Å². The molecule has 1 aromatic rings. The van der Waals surface area contributed by atoms with Crippen molar-refractivity contribution >= 4 is 27.4 Å². The van der Waals surface area contributed by atoms with Crippen LogP contribution >= 0.6 is 11.6 Å². The third kappa shape index (κ3) is 5.91. The van der Waals surface area contributed by atoms with Crippen molar-refractivity contribution < 1.29 is 13.2 Å². The summed E-state index contributed by atoms with van der Waals surface area (Å²) in [7, 11) is -1.25. The van der Waals surface area contributed by atoms with Gasteiger partial charge in [-0.15, -0.1) is 0 Å². The van der Waals surface area contributed by atoms with E-state index in [2.05, 4.69) is 15.6 Å². The fourth-order valence-corrected chi connectivity index (χ4v) is 4.21. The first kappa shape index (κ1) is 17.9. The number of benzene rings is 1. The zero-order chi connectivity index (χ0) is 16.9. The van der Waals surface area contributed by atoms with Gasteiger partial charge in [0.15, 0.2) is 15.8 Å². The lowest BCUT2D eigenvalue weighted by Crippen LogP contribution is -2.46. The lowest BCUT2D eigenvalue weighted by Gasteiger charge is -2.19. The van der Waals surface area contributed by atoms with Crippen LogP contribution in [-0.2, 0) is 9.84 Å². The molecule has 2 rings (SSSR count). The fraction of sp³-hybridized carbons (Fsp3) is 0.533. The van der Waals surface area contributed by atoms with E-state index in [-0.39, 0.29) is 23.7 Å². The van der Waals surface area contributed by atoms with Gasteiger partial charge in [-0.3, -0.25) is 4.99 Å². The predicted molar refractivity (Wildman–Crippen MR) is 93.1 cm³/mol. The predicted octanol–water partition coefficient (Wildman–Crippen LogP) is 1.46. The first-order valence-corrected chi connectivity index (χ1v) is 9.68. The van der Waals surface area contributed by atoms with Crippen LogP contribution in [-0.4, -0.2) is 51.6 Å². The SMILES string of the molecule is CN=C(NCC(C)Oc1cccc(Cl)c1)NC1CCS(=O)(=O)C1. The molecule has 6 nitrogen and oxygen atoms in total. The molecule has 1 fully saturated rings. The largest absolute Gasteiger partial charge is 0.489 e. The Morgan fingerprint density at radius 2 is 2.30 bits per heavy atom. The second-order valence-electron chi connectivity index (χ2n) is 5.58. The zero-order valence-corrected chi connectivity index (χ0v) is 14.8. The number of ether oxygens (including phenoxy) is 1. The van der Waals surface area contributed by atoms with Gasteiger partial charge in [0.25, 0.3) is 0 Å². The van der Waals surface area contributed by atoms with Crippen LogP contribution < -0.4 is 15.4 Å². The third-order valence-electron chi connectivity index (χ3n) is 3.49. The molecule has 0 bridgehead atoms. The van der Waals surface area contributed by atoms with Gasteiger partial charge in [-0.25, -0.2) is 8.42 Å².